The molecule has 0 bridgehead atoms. The van der Waals surface area contributed by atoms with Crippen molar-refractivity contribution in [2.45, 2.75) is 93.4 Å². The molecule has 14 nitrogen and oxygen atoms in total. The lowest BCUT2D eigenvalue weighted by Gasteiger charge is -2.39. The number of hydrogen-bond acceptors (Lipinski definition) is 11. The maximum absolute atomic E-state index is 15.4. The molecule has 3 amide bonds. The highest BCUT2D eigenvalue weighted by Crippen LogP contribution is 2.61. The molecule has 1 spiro atoms. The molecule has 316 valence electrons. The Morgan fingerprint density at radius 2 is 1.58 bits per heavy atom. The lowest BCUT2D eigenvalue weighted by Crippen LogP contribution is -2.60. The van der Waals surface area contributed by atoms with Gasteiger partial charge >= 0.3 is 0 Å². The van der Waals surface area contributed by atoms with E-state index in [4.69, 9.17) is 14.2 Å². The second kappa shape index (κ2) is 16.1. The first-order valence-corrected chi connectivity index (χ1v) is 23.3. The summed E-state index contributed by atoms with van der Waals surface area (Å²) in [7, 11) is -1.09. The fourth-order valence-electron chi connectivity index (χ4n) is 9.97. The van der Waals surface area contributed by atoms with Gasteiger partial charge in [-0.05, 0) is 65.6 Å². The number of amides is 3. The van der Waals surface area contributed by atoms with Crippen molar-refractivity contribution in [3.63, 3.8) is 0 Å². The van der Waals surface area contributed by atoms with Crippen molar-refractivity contribution in [1.82, 2.24) is 4.90 Å². The van der Waals surface area contributed by atoms with Gasteiger partial charge in [0.15, 0.2) is 18.0 Å². The number of methoxy groups -OCH3 is 1. The number of carbonyl (C=O) groups is 3. The summed E-state index contributed by atoms with van der Waals surface area (Å²) in [5, 5.41) is 55.3. The molecule has 4 aromatic rings. The Morgan fingerprint density at radius 3 is 2.27 bits per heavy atom. The highest BCUT2D eigenvalue weighted by atomic mass is 28.3. The summed E-state index contributed by atoms with van der Waals surface area (Å²) in [6.45, 7) is 6.53. The van der Waals surface area contributed by atoms with E-state index >= 15 is 4.79 Å². The van der Waals surface area contributed by atoms with Gasteiger partial charge in [-0.25, -0.2) is 0 Å². The number of benzene rings is 4. The van der Waals surface area contributed by atoms with E-state index in [1.165, 1.54) is 0 Å². The van der Waals surface area contributed by atoms with Gasteiger partial charge in [0.2, 0.25) is 5.91 Å². The minimum Gasteiger partial charge on any atom is -0.497 e. The van der Waals surface area contributed by atoms with Crippen LogP contribution in [0.3, 0.4) is 0 Å². The molecule has 4 aliphatic heterocycles. The first-order valence-electron chi connectivity index (χ1n) is 20.2. The SMILES string of the molecule is COc1ccc([Si](C)(C)[C@H]2[C@H](CC(=O)N3Cc4ccccc4C[C@H]3CO)O[C@@]3(C(=O)N(c4ccccc4)c4ccc(NC(=O)[C@H]5O[C@@H](O)[C@H](O)[C@@H](O)[C@@H]5O)cc43)[C@@H]2C)cc1. The Balaban J connectivity index is 1.21. The van der Waals surface area contributed by atoms with Crippen LogP contribution in [-0.4, -0.2) is 113 Å². The predicted octanol–water partition coefficient (Wildman–Crippen LogP) is 2.66. The minimum absolute atomic E-state index is 0.0558. The number of aliphatic hydroxyl groups excluding tert-OH is 5. The zero-order valence-corrected chi connectivity index (χ0v) is 34.8. The molecule has 4 aromatic carbocycles. The van der Waals surface area contributed by atoms with Crippen LogP contribution in [-0.2, 0) is 42.4 Å². The summed E-state index contributed by atoms with van der Waals surface area (Å²) < 4.78 is 17.9. The molecule has 0 aromatic heterocycles. The van der Waals surface area contributed by atoms with Gasteiger partial charge in [-0.2, -0.15) is 0 Å². The molecule has 10 atom stereocenters. The Kier molecular flexibility index (Phi) is 11.2. The molecule has 8 rings (SSSR count). The first kappa shape index (κ1) is 41.7. The average molecular weight is 838 g/mol. The van der Waals surface area contributed by atoms with Crippen molar-refractivity contribution in [3.8, 4) is 5.75 Å². The van der Waals surface area contributed by atoms with E-state index in [9.17, 15) is 35.1 Å². The quantitative estimate of drug-likeness (QED) is 0.136. The van der Waals surface area contributed by atoms with E-state index < -0.39 is 68.4 Å². The van der Waals surface area contributed by atoms with E-state index in [0.717, 1.165) is 16.3 Å². The molecule has 2 saturated heterocycles. The van der Waals surface area contributed by atoms with E-state index in [2.05, 4.69) is 18.4 Å². The minimum atomic E-state index is -2.70. The van der Waals surface area contributed by atoms with Crippen LogP contribution >= 0.6 is 0 Å². The second-order valence-corrected chi connectivity index (χ2v) is 21.5. The molecule has 4 aliphatic rings. The standard InChI is InChI=1S/C45H51N3O11Si/c1-25-41(60(3,4)32-17-15-31(57-2)16-18-32)35(22-36(50)47-23-27-11-9-8-10-26(27)20-30(47)24-49)59-45(25)33-21-28(46-42(54)40-38(52)37(51)39(53)43(55)58-40)14-19-34(33)48(44(45)56)29-12-6-5-7-13-29/h5-19,21,25,30,35,37-41,43,49,51-53,55H,20,22-24H2,1-4H3,(H,46,54)/t25-,30+,35+,37+,38+,39-,40+,41-,43-,45+/m1/s1. The van der Waals surface area contributed by atoms with Gasteiger partial charge in [0.1, 0.15) is 24.1 Å². The number of aliphatic hydroxyl groups is 5. The van der Waals surface area contributed by atoms with Crippen molar-refractivity contribution in [1.29, 1.82) is 0 Å². The zero-order valence-electron chi connectivity index (χ0n) is 33.8. The molecular formula is C45H51N3O11Si. The van der Waals surface area contributed by atoms with Crippen molar-refractivity contribution < 1.29 is 54.1 Å². The number of ether oxygens (including phenoxy) is 3. The van der Waals surface area contributed by atoms with Crippen molar-refractivity contribution in [2.75, 3.05) is 23.9 Å². The Hall–Kier alpha value is -4.97. The number of fused-ring (bicyclic) bond motifs is 3. The lowest BCUT2D eigenvalue weighted by molar-refractivity contribution is -0.274. The third-order valence-electron chi connectivity index (χ3n) is 13.1. The van der Waals surface area contributed by atoms with Crippen LogP contribution in [0.1, 0.15) is 30.0 Å². The smallest absolute Gasteiger partial charge is 0.268 e. The number of rotatable bonds is 9. The molecule has 2 fully saturated rings. The monoisotopic (exact) mass is 837 g/mol. The lowest BCUT2D eigenvalue weighted by atomic mass is 9.82. The first-order chi connectivity index (χ1) is 28.7. The predicted molar refractivity (Wildman–Crippen MR) is 223 cm³/mol. The summed E-state index contributed by atoms with van der Waals surface area (Å²) in [6.07, 6.45) is -9.47. The number of para-hydroxylation sites is 1. The van der Waals surface area contributed by atoms with Gasteiger partial charge in [0.25, 0.3) is 11.8 Å². The molecule has 0 unspecified atom stereocenters. The van der Waals surface area contributed by atoms with Crippen molar-refractivity contribution in [2.24, 2.45) is 5.92 Å². The number of nitrogens with one attached hydrogen (secondary N) is 1. The van der Waals surface area contributed by atoms with Crippen LogP contribution in [0.2, 0.25) is 18.6 Å². The maximum atomic E-state index is 15.4. The molecule has 60 heavy (non-hydrogen) atoms. The molecular weight excluding hydrogens is 787 g/mol. The van der Waals surface area contributed by atoms with Crippen LogP contribution in [0, 0.1) is 5.92 Å². The van der Waals surface area contributed by atoms with Gasteiger partial charge in [-0.3, -0.25) is 19.3 Å². The molecule has 0 saturated carbocycles. The van der Waals surface area contributed by atoms with Gasteiger partial charge in [-0.15, -0.1) is 0 Å². The summed E-state index contributed by atoms with van der Waals surface area (Å²) in [5.41, 5.74) is 1.92. The normalized spacial score (nSPS) is 29.9. The van der Waals surface area contributed by atoms with Crippen LogP contribution < -0.4 is 20.1 Å². The fraction of sp³-hybridized carbons (Fsp3) is 0.400. The Labute approximate surface area is 348 Å². The average Bonchev–Trinajstić information content (AvgIpc) is 3.69. The fourth-order valence-corrected chi connectivity index (χ4v) is 14.0. The van der Waals surface area contributed by atoms with Crippen LogP contribution in [0.4, 0.5) is 17.1 Å². The van der Waals surface area contributed by atoms with Gasteiger partial charge in [0, 0.05) is 29.4 Å². The highest BCUT2D eigenvalue weighted by molar-refractivity contribution is 6.91. The number of carbonyl (C=O) groups excluding carboxylic acids is 3. The van der Waals surface area contributed by atoms with Crippen LogP contribution in [0.25, 0.3) is 0 Å². The van der Waals surface area contributed by atoms with E-state index in [0.29, 0.717) is 35.7 Å². The summed E-state index contributed by atoms with van der Waals surface area (Å²) >= 11 is 0. The van der Waals surface area contributed by atoms with Crippen molar-refractivity contribution in [3.05, 3.63) is 114 Å². The highest BCUT2D eigenvalue weighted by Gasteiger charge is 2.67. The molecule has 0 aliphatic carbocycles. The number of hydrogen-bond donors (Lipinski definition) is 6. The van der Waals surface area contributed by atoms with Crippen molar-refractivity contribution >= 4 is 48.0 Å². The Morgan fingerprint density at radius 1 is 0.900 bits per heavy atom. The van der Waals surface area contributed by atoms with Crippen LogP contribution in [0.5, 0.6) is 5.75 Å². The Bertz CT molecular complexity index is 2260. The zero-order chi connectivity index (χ0) is 42.7. The summed E-state index contributed by atoms with van der Waals surface area (Å²) in [4.78, 5) is 47.0. The molecule has 0 radical (unpaired) electrons. The number of anilines is 3. The maximum Gasteiger partial charge on any atom is 0.268 e. The van der Waals surface area contributed by atoms with E-state index in [-0.39, 0.29) is 36.1 Å². The number of nitrogens with zero attached hydrogens (tertiary/aromatic N) is 2. The van der Waals surface area contributed by atoms with Gasteiger partial charge in [0.05, 0.1) is 46.0 Å². The van der Waals surface area contributed by atoms with E-state index in [1.807, 2.05) is 85.8 Å². The van der Waals surface area contributed by atoms with E-state index in [1.54, 1.807) is 35.1 Å². The van der Waals surface area contributed by atoms with Gasteiger partial charge < -0.3 is 50.0 Å². The molecule has 6 N–H and O–H groups in total. The second-order valence-electron chi connectivity index (χ2n) is 16.8. The third-order valence-corrected chi connectivity index (χ3v) is 17.5. The van der Waals surface area contributed by atoms with Crippen LogP contribution in [0.15, 0.2) is 97.1 Å². The topological polar surface area (TPSA) is 199 Å². The summed E-state index contributed by atoms with van der Waals surface area (Å²) in [5.74, 6) is -1.28. The molecule has 4 heterocycles. The summed E-state index contributed by atoms with van der Waals surface area (Å²) in [6, 6.07) is 29.4. The molecule has 15 heteroatoms. The largest absolute Gasteiger partial charge is 0.497 e. The van der Waals surface area contributed by atoms with Gasteiger partial charge in [-0.1, -0.05) is 79.8 Å². The third kappa shape index (κ3) is 6.92.